The third-order valence-electron chi connectivity index (χ3n) is 6.17. The fraction of sp³-hybridized carbons (Fsp3) is 0.417. The fourth-order valence-electron chi connectivity index (χ4n) is 4.23. The number of piperidine rings is 1. The second kappa shape index (κ2) is 8.78. The number of nitrogens with zero attached hydrogens (tertiary/aromatic N) is 2. The van der Waals surface area contributed by atoms with Gasteiger partial charge in [0.25, 0.3) is 0 Å². The van der Waals surface area contributed by atoms with Gasteiger partial charge >= 0.3 is 0 Å². The summed E-state index contributed by atoms with van der Waals surface area (Å²) < 4.78 is 5.18. The summed E-state index contributed by atoms with van der Waals surface area (Å²) in [6.45, 7) is 4.68. The van der Waals surface area contributed by atoms with Crippen LogP contribution in [0.3, 0.4) is 0 Å². The van der Waals surface area contributed by atoms with Crippen LogP contribution >= 0.6 is 0 Å². The molecule has 0 saturated carbocycles. The second-order valence-corrected chi connectivity index (χ2v) is 8.28. The molecule has 0 aliphatic carbocycles. The Morgan fingerprint density at radius 1 is 1.07 bits per heavy atom. The number of para-hydroxylation sites is 2. The zero-order valence-electron chi connectivity index (χ0n) is 17.6. The summed E-state index contributed by atoms with van der Waals surface area (Å²) in [7, 11) is 1.61. The topological polar surface area (TPSA) is 61.9 Å². The molecule has 2 aromatic carbocycles. The van der Waals surface area contributed by atoms with Crippen molar-refractivity contribution in [3.8, 4) is 5.75 Å². The van der Waals surface area contributed by atoms with Crippen LogP contribution in [-0.4, -0.2) is 38.6 Å². The van der Waals surface area contributed by atoms with Crippen LogP contribution in [0.25, 0.3) is 0 Å². The van der Waals surface area contributed by atoms with Gasteiger partial charge in [0.1, 0.15) is 5.75 Å². The van der Waals surface area contributed by atoms with Crippen LogP contribution in [0.4, 0.5) is 17.1 Å². The van der Waals surface area contributed by atoms with E-state index in [2.05, 4.69) is 23.2 Å². The van der Waals surface area contributed by atoms with Crippen LogP contribution in [0.2, 0.25) is 0 Å². The van der Waals surface area contributed by atoms with E-state index in [4.69, 9.17) is 4.74 Å². The Hall–Kier alpha value is -3.02. The molecule has 2 aromatic rings. The van der Waals surface area contributed by atoms with E-state index in [0.717, 1.165) is 54.7 Å². The Bertz CT molecular complexity index is 904. The minimum atomic E-state index is -0.367. The highest BCUT2D eigenvalue weighted by molar-refractivity contribution is 6.04. The van der Waals surface area contributed by atoms with Gasteiger partial charge in [0, 0.05) is 31.7 Å². The largest absolute Gasteiger partial charge is 0.497 e. The van der Waals surface area contributed by atoms with Gasteiger partial charge in [-0.15, -0.1) is 0 Å². The fourth-order valence-corrected chi connectivity index (χ4v) is 4.23. The molecule has 0 aromatic heterocycles. The third kappa shape index (κ3) is 4.27. The molecule has 0 bridgehead atoms. The van der Waals surface area contributed by atoms with Crippen molar-refractivity contribution in [2.24, 2.45) is 11.8 Å². The lowest BCUT2D eigenvalue weighted by Crippen LogP contribution is -2.34. The van der Waals surface area contributed by atoms with Crippen molar-refractivity contribution in [2.75, 3.05) is 41.9 Å². The third-order valence-corrected chi connectivity index (χ3v) is 6.17. The van der Waals surface area contributed by atoms with Crippen molar-refractivity contribution in [3.05, 3.63) is 48.5 Å². The molecule has 2 saturated heterocycles. The number of benzene rings is 2. The molecule has 30 heavy (non-hydrogen) atoms. The van der Waals surface area contributed by atoms with Crippen LogP contribution in [0.1, 0.15) is 26.2 Å². The van der Waals surface area contributed by atoms with Crippen LogP contribution in [0.5, 0.6) is 5.75 Å². The Labute approximate surface area is 177 Å². The molecule has 158 valence electrons. The van der Waals surface area contributed by atoms with Gasteiger partial charge in [0.2, 0.25) is 11.8 Å². The first-order valence-electron chi connectivity index (χ1n) is 10.6. The Balaban J connectivity index is 1.44. The number of nitrogens with one attached hydrogen (secondary N) is 1. The Kier molecular flexibility index (Phi) is 5.93. The summed E-state index contributed by atoms with van der Waals surface area (Å²) in [5.41, 5.74) is 2.68. The number of amides is 2. The van der Waals surface area contributed by atoms with Gasteiger partial charge in [-0.05, 0) is 55.2 Å². The number of carbonyl (C=O) groups is 2. The Morgan fingerprint density at radius 2 is 1.77 bits per heavy atom. The molecule has 1 atom stereocenters. The molecule has 2 fully saturated rings. The van der Waals surface area contributed by atoms with E-state index in [0.29, 0.717) is 6.54 Å². The highest BCUT2D eigenvalue weighted by atomic mass is 16.5. The number of ether oxygens (including phenoxy) is 1. The van der Waals surface area contributed by atoms with Crippen LogP contribution in [0.15, 0.2) is 48.5 Å². The molecule has 2 heterocycles. The van der Waals surface area contributed by atoms with Gasteiger partial charge in [0.15, 0.2) is 0 Å². The highest BCUT2D eigenvalue weighted by Crippen LogP contribution is 2.32. The molecular weight excluding hydrogens is 378 g/mol. The molecule has 6 nitrogen and oxygen atoms in total. The summed E-state index contributed by atoms with van der Waals surface area (Å²) in [6, 6.07) is 15.3. The van der Waals surface area contributed by atoms with Gasteiger partial charge in [0.05, 0.1) is 24.4 Å². The smallest absolute Gasteiger partial charge is 0.229 e. The number of methoxy groups -OCH3 is 1. The Morgan fingerprint density at radius 3 is 2.47 bits per heavy atom. The lowest BCUT2D eigenvalue weighted by atomic mass is 9.98. The van der Waals surface area contributed by atoms with Gasteiger partial charge in [-0.3, -0.25) is 9.59 Å². The van der Waals surface area contributed by atoms with E-state index in [1.165, 1.54) is 0 Å². The lowest BCUT2D eigenvalue weighted by molar-refractivity contribution is -0.122. The normalized spacial score (nSPS) is 19.8. The van der Waals surface area contributed by atoms with Crippen molar-refractivity contribution in [1.82, 2.24) is 0 Å². The van der Waals surface area contributed by atoms with Crippen molar-refractivity contribution in [3.63, 3.8) is 0 Å². The van der Waals surface area contributed by atoms with Gasteiger partial charge < -0.3 is 19.9 Å². The van der Waals surface area contributed by atoms with Crippen molar-refractivity contribution in [2.45, 2.75) is 26.2 Å². The van der Waals surface area contributed by atoms with Gasteiger partial charge in [-0.25, -0.2) is 0 Å². The minimum absolute atomic E-state index is 0.0291. The first-order valence-corrected chi connectivity index (χ1v) is 10.6. The maximum absolute atomic E-state index is 13.0. The van der Waals surface area contributed by atoms with E-state index in [1.807, 2.05) is 42.5 Å². The zero-order valence-corrected chi connectivity index (χ0v) is 17.6. The summed E-state index contributed by atoms with van der Waals surface area (Å²) in [5, 5.41) is 3.09. The average molecular weight is 408 g/mol. The first kappa shape index (κ1) is 20.3. The van der Waals surface area contributed by atoms with E-state index in [-0.39, 0.29) is 24.2 Å². The monoisotopic (exact) mass is 407 g/mol. The van der Waals surface area contributed by atoms with Crippen molar-refractivity contribution in [1.29, 1.82) is 0 Å². The SMILES string of the molecule is COc1ccc(N2C[C@H](C(=O)Nc3ccccc3N3CCC(C)CC3)CC2=O)cc1. The molecule has 2 amide bonds. The van der Waals surface area contributed by atoms with E-state index in [1.54, 1.807) is 12.0 Å². The van der Waals surface area contributed by atoms with Crippen molar-refractivity contribution < 1.29 is 14.3 Å². The standard InChI is InChI=1S/C24H29N3O3/c1-17-11-13-26(14-12-17)22-6-4-3-5-21(22)25-24(29)18-15-23(28)27(16-18)19-7-9-20(30-2)10-8-19/h3-10,17-18H,11-16H2,1-2H3,(H,25,29)/t18-/m1/s1. The molecule has 0 radical (unpaired) electrons. The summed E-state index contributed by atoms with van der Waals surface area (Å²) in [5.74, 6) is 0.990. The molecule has 1 N–H and O–H groups in total. The molecule has 0 unspecified atom stereocenters. The first-order chi connectivity index (χ1) is 14.5. The maximum Gasteiger partial charge on any atom is 0.229 e. The number of hydrogen-bond acceptors (Lipinski definition) is 4. The summed E-state index contributed by atoms with van der Waals surface area (Å²) in [4.78, 5) is 29.6. The maximum atomic E-state index is 13.0. The molecule has 2 aliphatic heterocycles. The molecule has 6 heteroatoms. The molecule has 0 spiro atoms. The predicted molar refractivity (Wildman–Crippen MR) is 119 cm³/mol. The molecule has 4 rings (SSSR count). The molecular formula is C24H29N3O3. The van der Waals surface area contributed by atoms with Crippen LogP contribution < -0.4 is 19.9 Å². The van der Waals surface area contributed by atoms with Gasteiger partial charge in [-0.1, -0.05) is 19.1 Å². The van der Waals surface area contributed by atoms with Crippen molar-refractivity contribution >= 4 is 28.9 Å². The quantitative estimate of drug-likeness (QED) is 0.816. The summed E-state index contributed by atoms with van der Waals surface area (Å²) in [6.07, 6.45) is 2.55. The van der Waals surface area contributed by atoms with E-state index in [9.17, 15) is 9.59 Å². The number of anilines is 3. The number of hydrogen-bond donors (Lipinski definition) is 1. The van der Waals surface area contributed by atoms with Crippen LogP contribution in [-0.2, 0) is 9.59 Å². The van der Waals surface area contributed by atoms with Gasteiger partial charge in [-0.2, -0.15) is 0 Å². The van der Waals surface area contributed by atoms with E-state index < -0.39 is 0 Å². The zero-order chi connectivity index (χ0) is 21.1. The van der Waals surface area contributed by atoms with E-state index >= 15 is 0 Å². The highest BCUT2D eigenvalue weighted by Gasteiger charge is 2.35. The summed E-state index contributed by atoms with van der Waals surface area (Å²) >= 11 is 0. The second-order valence-electron chi connectivity index (χ2n) is 8.28. The van der Waals surface area contributed by atoms with Crippen LogP contribution in [0, 0.1) is 11.8 Å². The minimum Gasteiger partial charge on any atom is -0.497 e. The predicted octanol–water partition coefficient (Wildman–Crippen LogP) is 3.92. The average Bonchev–Trinajstić information content (AvgIpc) is 3.17. The number of rotatable bonds is 5. The lowest BCUT2D eigenvalue weighted by Gasteiger charge is -2.33. The number of carbonyl (C=O) groups excluding carboxylic acids is 2. The molecule has 2 aliphatic rings.